The molecule has 1 heterocycles. The highest BCUT2D eigenvalue weighted by Gasteiger charge is 2.22. The summed E-state index contributed by atoms with van der Waals surface area (Å²) in [5.41, 5.74) is 0. The predicted octanol–water partition coefficient (Wildman–Crippen LogP) is 1.29. The minimum atomic E-state index is -3.76. The van der Waals surface area contributed by atoms with Crippen LogP contribution in [0.5, 0.6) is 0 Å². The van der Waals surface area contributed by atoms with Crippen molar-refractivity contribution in [2.24, 2.45) is 0 Å². The van der Waals surface area contributed by atoms with E-state index in [0.29, 0.717) is 0 Å². The Labute approximate surface area is 71.3 Å². The summed E-state index contributed by atoms with van der Waals surface area (Å²) < 4.78 is 29.0. The second-order valence-electron chi connectivity index (χ2n) is 1.82. The molecule has 0 aliphatic carbocycles. The maximum Gasteiger partial charge on any atom is 0.266 e. The average molecular weight is 218 g/mol. The van der Waals surface area contributed by atoms with Crippen LogP contribution in [0.2, 0.25) is 0 Å². The van der Waals surface area contributed by atoms with Gasteiger partial charge in [-0.3, -0.25) is 4.55 Å². The fraction of sp³-hybridized carbons (Fsp3) is 1.00. The lowest BCUT2D eigenvalue weighted by Gasteiger charge is -2.00. The zero-order valence-corrected chi connectivity index (χ0v) is 8.15. The monoisotopic (exact) mass is 218 g/mol. The summed E-state index contributed by atoms with van der Waals surface area (Å²) in [7, 11) is 0.962. The van der Waals surface area contributed by atoms with E-state index in [9.17, 15) is 8.42 Å². The zero-order chi connectivity index (χ0) is 7.61. The molecule has 1 aliphatic heterocycles. The first-order valence-corrected chi connectivity index (χ1v) is 7.80. The van der Waals surface area contributed by atoms with Crippen LogP contribution >= 0.6 is 31.4 Å². The fourth-order valence-electron chi connectivity index (χ4n) is 0.526. The van der Waals surface area contributed by atoms with Crippen molar-refractivity contribution in [1.29, 1.82) is 0 Å². The van der Waals surface area contributed by atoms with Gasteiger partial charge in [-0.15, -0.1) is 0 Å². The van der Waals surface area contributed by atoms with E-state index in [4.69, 9.17) is 4.55 Å². The minimum absolute atomic E-state index is 0.0602. The van der Waals surface area contributed by atoms with E-state index in [1.165, 1.54) is 10.8 Å². The average Bonchev–Trinajstić information content (AvgIpc) is 2.12. The molecule has 0 spiro atoms. The van der Waals surface area contributed by atoms with Crippen LogP contribution in [0.25, 0.3) is 0 Å². The Hall–Kier alpha value is 0.960. The lowest BCUT2D eigenvalue weighted by atomic mass is 10.6. The first-order chi connectivity index (χ1) is 4.58. The van der Waals surface area contributed by atoms with Gasteiger partial charge in [0.1, 0.15) is 0 Å². The second-order valence-corrected chi connectivity index (χ2v) is 7.80. The number of hydrogen-bond donors (Lipinski definition) is 1. The molecule has 10 heavy (non-hydrogen) atoms. The van der Waals surface area contributed by atoms with Crippen LogP contribution in [0.4, 0.5) is 0 Å². The summed E-state index contributed by atoms with van der Waals surface area (Å²) in [6.45, 7) is 0. The third-order valence-corrected chi connectivity index (χ3v) is 6.76. The van der Waals surface area contributed by atoms with Crippen molar-refractivity contribution < 1.29 is 13.0 Å². The molecule has 3 nitrogen and oxygen atoms in total. The summed E-state index contributed by atoms with van der Waals surface area (Å²) in [6, 6.07) is 0. The van der Waals surface area contributed by atoms with Crippen molar-refractivity contribution in [3.63, 3.8) is 0 Å². The van der Waals surface area contributed by atoms with Crippen LogP contribution in [0, 0.1) is 0 Å². The molecule has 0 aromatic heterocycles. The summed E-state index contributed by atoms with van der Waals surface area (Å²) >= 11 is 0. The smallest absolute Gasteiger partial charge is 0.266 e. The Morgan fingerprint density at radius 1 is 1.60 bits per heavy atom. The highest BCUT2D eigenvalue weighted by molar-refractivity contribution is 9.10. The standard InChI is InChI=1S/C3H6O3S4/c4-10(5,6)2-3-1-7-9-8-3/h3H,1-2H2,(H,4,5,6). The summed E-state index contributed by atoms with van der Waals surface area (Å²) in [4.78, 5) is 0. The topological polar surface area (TPSA) is 54.4 Å². The SMILES string of the molecule is O=S(=O)(O)CC1CSSS1. The molecule has 0 bridgehead atoms. The maximum atomic E-state index is 10.3. The molecular formula is C3H6O3S4. The van der Waals surface area contributed by atoms with Crippen LogP contribution in [-0.4, -0.2) is 29.7 Å². The van der Waals surface area contributed by atoms with E-state index >= 15 is 0 Å². The molecule has 1 saturated heterocycles. The molecule has 0 aromatic carbocycles. The number of rotatable bonds is 2. The van der Waals surface area contributed by atoms with Crippen molar-refractivity contribution in [3.8, 4) is 0 Å². The van der Waals surface area contributed by atoms with E-state index in [2.05, 4.69) is 0 Å². The largest absolute Gasteiger partial charge is 0.286 e. The van der Waals surface area contributed by atoms with Crippen LogP contribution in [-0.2, 0) is 10.1 Å². The Kier molecular flexibility index (Phi) is 3.23. The Morgan fingerprint density at radius 3 is 2.70 bits per heavy atom. The van der Waals surface area contributed by atoms with Crippen molar-refractivity contribution >= 4 is 41.5 Å². The molecule has 0 aromatic rings. The fourth-order valence-corrected chi connectivity index (χ4v) is 7.34. The predicted molar refractivity (Wildman–Crippen MR) is 47.8 cm³/mol. The molecule has 1 N–H and O–H groups in total. The Balaban J connectivity index is 2.38. The van der Waals surface area contributed by atoms with Gasteiger partial charge in [-0.05, 0) is 9.83 Å². The molecule has 7 heteroatoms. The second kappa shape index (κ2) is 3.57. The van der Waals surface area contributed by atoms with E-state index in [1.807, 2.05) is 0 Å². The lowest BCUT2D eigenvalue weighted by Crippen LogP contribution is -2.16. The third kappa shape index (κ3) is 3.38. The highest BCUT2D eigenvalue weighted by atomic mass is 33.5. The molecule has 1 atom stereocenters. The van der Waals surface area contributed by atoms with Crippen molar-refractivity contribution in [2.45, 2.75) is 5.25 Å². The molecular weight excluding hydrogens is 212 g/mol. The molecule has 1 unspecified atom stereocenters. The van der Waals surface area contributed by atoms with Gasteiger partial charge in [-0.25, -0.2) is 0 Å². The van der Waals surface area contributed by atoms with Crippen LogP contribution in [0.3, 0.4) is 0 Å². The van der Waals surface area contributed by atoms with Gasteiger partial charge in [0.15, 0.2) is 0 Å². The van der Waals surface area contributed by atoms with Crippen LogP contribution in [0.15, 0.2) is 0 Å². The Bertz CT molecular complexity index is 192. The quantitative estimate of drug-likeness (QED) is 0.557. The maximum absolute atomic E-state index is 10.3. The minimum Gasteiger partial charge on any atom is -0.286 e. The van der Waals surface area contributed by atoms with Gasteiger partial charge >= 0.3 is 0 Å². The normalized spacial score (nSPS) is 27.1. The van der Waals surface area contributed by atoms with E-state index in [0.717, 1.165) is 5.75 Å². The van der Waals surface area contributed by atoms with Crippen LogP contribution < -0.4 is 0 Å². The van der Waals surface area contributed by atoms with Gasteiger partial charge < -0.3 is 0 Å². The van der Waals surface area contributed by atoms with Gasteiger partial charge in [0.25, 0.3) is 10.1 Å². The van der Waals surface area contributed by atoms with Gasteiger partial charge in [0, 0.05) is 11.0 Å². The molecule has 0 amide bonds. The van der Waals surface area contributed by atoms with E-state index < -0.39 is 10.1 Å². The summed E-state index contributed by atoms with van der Waals surface area (Å²) in [6.07, 6.45) is 0. The van der Waals surface area contributed by atoms with E-state index in [-0.39, 0.29) is 11.0 Å². The van der Waals surface area contributed by atoms with Gasteiger partial charge in [0.2, 0.25) is 0 Å². The zero-order valence-electron chi connectivity index (χ0n) is 4.89. The van der Waals surface area contributed by atoms with Gasteiger partial charge in [-0.2, -0.15) is 8.42 Å². The number of hydrogen-bond acceptors (Lipinski definition) is 5. The molecule has 0 saturated carbocycles. The molecule has 1 fully saturated rings. The van der Waals surface area contributed by atoms with Crippen molar-refractivity contribution in [2.75, 3.05) is 11.5 Å². The van der Waals surface area contributed by atoms with Crippen LogP contribution in [0.1, 0.15) is 0 Å². The van der Waals surface area contributed by atoms with Gasteiger partial charge in [-0.1, -0.05) is 21.6 Å². The van der Waals surface area contributed by atoms with Gasteiger partial charge in [0.05, 0.1) is 5.75 Å². The summed E-state index contributed by atoms with van der Waals surface area (Å²) in [5, 5.41) is 0.0602. The lowest BCUT2D eigenvalue weighted by molar-refractivity contribution is 0.483. The molecule has 1 rings (SSSR count). The molecule has 60 valence electrons. The first-order valence-electron chi connectivity index (χ1n) is 2.48. The van der Waals surface area contributed by atoms with Crippen molar-refractivity contribution in [3.05, 3.63) is 0 Å². The molecule has 0 radical (unpaired) electrons. The molecule has 1 aliphatic rings. The summed E-state index contributed by atoms with van der Waals surface area (Å²) in [5.74, 6) is 0.687. The first kappa shape index (κ1) is 9.05. The third-order valence-electron chi connectivity index (χ3n) is 0.874. The van der Waals surface area contributed by atoms with Crippen molar-refractivity contribution in [1.82, 2.24) is 0 Å². The van der Waals surface area contributed by atoms with E-state index in [1.54, 1.807) is 20.6 Å². The highest BCUT2D eigenvalue weighted by Crippen LogP contribution is 2.46. The Morgan fingerprint density at radius 2 is 2.30 bits per heavy atom.